The Labute approximate surface area is 125 Å². The van der Waals surface area contributed by atoms with Crippen molar-refractivity contribution in [3.8, 4) is 11.5 Å². The second-order valence-corrected chi connectivity index (χ2v) is 5.63. The summed E-state index contributed by atoms with van der Waals surface area (Å²) in [5, 5.41) is 2.91. The summed E-state index contributed by atoms with van der Waals surface area (Å²) in [4.78, 5) is 0.958. The standard InChI is InChI=1S/C13H13Cl2NO2S/c1-17-7-3-12(19-6-7)13(16)8-4-10(15)11(18-2)5-9(8)14/h3-6,13H,16H2,1-2H3. The van der Waals surface area contributed by atoms with Gasteiger partial charge in [0.05, 0.1) is 25.3 Å². The SMILES string of the molecule is COc1csc(C(N)c2cc(Cl)c(OC)cc2Cl)c1. The van der Waals surface area contributed by atoms with Gasteiger partial charge in [0.2, 0.25) is 0 Å². The maximum atomic E-state index is 6.22. The van der Waals surface area contributed by atoms with Crippen molar-refractivity contribution < 1.29 is 9.47 Å². The Bertz CT molecular complexity index is 586. The second-order valence-electron chi connectivity index (χ2n) is 3.87. The molecule has 102 valence electrons. The molecule has 6 heteroatoms. The number of thiophene rings is 1. The first kappa shape index (κ1) is 14.5. The van der Waals surface area contributed by atoms with E-state index >= 15 is 0 Å². The molecule has 1 aromatic carbocycles. The number of rotatable bonds is 4. The largest absolute Gasteiger partial charge is 0.496 e. The number of methoxy groups -OCH3 is 2. The average molecular weight is 318 g/mol. The molecule has 0 radical (unpaired) electrons. The zero-order valence-electron chi connectivity index (χ0n) is 10.4. The quantitative estimate of drug-likeness (QED) is 0.922. The van der Waals surface area contributed by atoms with Crippen molar-refractivity contribution in [2.75, 3.05) is 14.2 Å². The van der Waals surface area contributed by atoms with Crippen LogP contribution in [0.15, 0.2) is 23.6 Å². The lowest BCUT2D eigenvalue weighted by Gasteiger charge is -2.14. The second kappa shape index (κ2) is 6.01. The first-order valence-electron chi connectivity index (χ1n) is 5.47. The molecule has 0 aliphatic carbocycles. The topological polar surface area (TPSA) is 44.5 Å². The zero-order valence-corrected chi connectivity index (χ0v) is 12.8. The van der Waals surface area contributed by atoms with Crippen LogP contribution in [-0.2, 0) is 0 Å². The van der Waals surface area contributed by atoms with Crippen molar-refractivity contribution in [3.05, 3.63) is 44.1 Å². The van der Waals surface area contributed by atoms with Crippen LogP contribution in [0.1, 0.15) is 16.5 Å². The zero-order chi connectivity index (χ0) is 14.0. The summed E-state index contributed by atoms with van der Waals surface area (Å²) < 4.78 is 10.3. The van der Waals surface area contributed by atoms with Gasteiger partial charge < -0.3 is 15.2 Å². The Kier molecular flexibility index (Phi) is 4.58. The van der Waals surface area contributed by atoms with E-state index in [-0.39, 0.29) is 6.04 Å². The van der Waals surface area contributed by atoms with Gasteiger partial charge in [-0.15, -0.1) is 11.3 Å². The minimum absolute atomic E-state index is 0.343. The van der Waals surface area contributed by atoms with Crippen LogP contribution in [0.5, 0.6) is 11.5 Å². The Morgan fingerprint density at radius 3 is 2.42 bits per heavy atom. The summed E-state index contributed by atoms with van der Waals surface area (Å²) in [6, 6.07) is 4.96. The Morgan fingerprint density at radius 1 is 1.11 bits per heavy atom. The van der Waals surface area contributed by atoms with Crippen molar-refractivity contribution in [2.24, 2.45) is 5.73 Å². The van der Waals surface area contributed by atoms with Gasteiger partial charge in [-0.1, -0.05) is 23.2 Å². The van der Waals surface area contributed by atoms with Crippen molar-refractivity contribution in [3.63, 3.8) is 0 Å². The molecule has 2 rings (SSSR count). The highest BCUT2D eigenvalue weighted by Crippen LogP contribution is 2.37. The van der Waals surface area contributed by atoms with E-state index in [1.54, 1.807) is 26.4 Å². The molecule has 1 atom stereocenters. The molecule has 2 N–H and O–H groups in total. The molecule has 1 unspecified atom stereocenters. The van der Waals surface area contributed by atoms with E-state index in [9.17, 15) is 0 Å². The van der Waals surface area contributed by atoms with Crippen LogP contribution in [0.3, 0.4) is 0 Å². The van der Waals surface area contributed by atoms with Crippen LogP contribution >= 0.6 is 34.5 Å². The smallest absolute Gasteiger partial charge is 0.138 e. The van der Waals surface area contributed by atoms with Gasteiger partial charge in [0, 0.05) is 21.3 Å². The normalized spacial score (nSPS) is 12.3. The molecule has 0 fully saturated rings. The van der Waals surface area contributed by atoms with Gasteiger partial charge in [0.1, 0.15) is 11.5 Å². The van der Waals surface area contributed by atoms with Gasteiger partial charge in [-0.2, -0.15) is 0 Å². The number of benzene rings is 1. The molecule has 0 amide bonds. The van der Waals surface area contributed by atoms with Crippen LogP contribution in [0.4, 0.5) is 0 Å². The lowest BCUT2D eigenvalue weighted by atomic mass is 10.1. The van der Waals surface area contributed by atoms with Gasteiger partial charge >= 0.3 is 0 Å². The van der Waals surface area contributed by atoms with E-state index in [4.69, 9.17) is 38.4 Å². The first-order valence-corrected chi connectivity index (χ1v) is 7.11. The Hall–Kier alpha value is -0.940. The summed E-state index contributed by atoms with van der Waals surface area (Å²) >= 11 is 13.8. The molecular formula is C13H13Cl2NO2S. The molecule has 0 spiro atoms. The Balaban J connectivity index is 2.38. The molecule has 1 heterocycles. The maximum Gasteiger partial charge on any atom is 0.138 e. The molecule has 0 aliphatic heterocycles. The van der Waals surface area contributed by atoms with Crippen molar-refractivity contribution >= 4 is 34.5 Å². The van der Waals surface area contributed by atoms with Gasteiger partial charge in [0.15, 0.2) is 0 Å². The lowest BCUT2D eigenvalue weighted by molar-refractivity contribution is 0.414. The summed E-state index contributed by atoms with van der Waals surface area (Å²) in [7, 11) is 3.16. The molecule has 1 aromatic heterocycles. The minimum Gasteiger partial charge on any atom is -0.496 e. The third-order valence-corrected chi connectivity index (χ3v) is 4.36. The predicted molar refractivity (Wildman–Crippen MR) is 79.9 cm³/mol. The monoisotopic (exact) mass is 317 g/mol. The van der Waals surface area contributed by atoms with Crippen LogP contribution in [-0.4, -0.2) is 14.2 Å². The molecule has 0 aliphatic rings. The maximum absolute atomic E-state index is 6.22. The predicted octanol–water partition coefficient (Wildman–Crippen LogP) is 4.12. The summed E-state index contributed by atoms with van der Waals surface area (Å²) in [5.41, 5.74) is 6.98. The molecule has 3 nitrogen and oxygen atoms in total. The third-order valence-electron chi connectivity index (χ3n) is 2.74. The molecule has 0 saturated heterocycles. The fourth-order valence-electron chi connectivity index (χ4n) is 1.70. The molecule has 0 saturated carbocycles. The molecule has 0 bridgehead atoms. The third kappa shape index (κ3) is 2.98. The van der Waals surface area contributed by atoms with E-state index in [0.717, 1.165) is 16.2 Å². The number of hydrogen-bond acceptors (Lipinski definition) is 4. The van der Waals surface area contributed by atoms with Crippen molar-refractivity contribution in [2.45, 2.75) is 6.04 Å². The van der Waals surface area contributed by atoms with Gasteiger partial charge in [-0.05, 0) is 17.7 Å². The van der Waals surface area contributed by atoms with Crippen LogP contribution < -0.4 is 15.2 Å². The first-order chi connectivity index (χ1) is 9.06. The van der Waals surface area contributed by atoms with Crippen LogP contribution in [0, 0.1) is 0 Å². The van der Waals surface area contributed by atoms with E-state index in [2.05, 4.69) is 0 Å². The van der Waals surface area contributed by atoms with E-state index in [1.165, 1.54) is 11.3 Å². The summed E-state index contributed by atoms with van der Waals surface area (Å²) in [6.07, 6.45) is 0. The highest BCUT2D eigenvalue weighted by molar-refractivity contribution is 7.10. The summed E-state index contributed by atoms with van der Waals surface area (Å²) in [6.45, 7) is 0. The van der Waals surface area contributed by atoms with Crippen LogP contribution in [0.25, 0.3) is 0 Å². The number of ether oxygens (including phenoxy) is 2. The number of nitrogens with two attached hydrogens (primary N) is 1. The van der Waals surface area contributed by atoms with Gasteiger partial charge in [0.25, 0.3) is 0 Å². The average Bonchev–Trinajstić information content (AvgIpc) is 2.89. The van der Waals surface area contributed by atoms with Gasteiger partial charge in [-0.25, -0.2) is 0 Å². The molecular weight excluding hydrogens is 305 g/mol. The highest BCUT2D eigenvalue weighted by Gasteiger charge is 2.17. The minimum atomic E-state index is -0.343. The fourth-order valence-corrected chi connectivity index (χ4v) is 3.09. The van der Waals surface area contributed by atoms with E-state index in [0.29, 0.717) is 15.8 Å². The van der Waals surface area contributed by atoms with Crippen molar-refractivity contribution in [1.29, 1.82) is 0 Å². The van der Waals surface area contributed by atoms with Crippen molar-refractivity contribution in [1.82, 2.24) is 0 Å². The Morgan fingerprint density at radius 2 is 1.84 bits per heavy atom. The number of hydrogen-bond donors (Lipinski definition) is 1. The lowest BCUT2D eigenvalue weighted by Crippen LogP contribution is -2.11. The summed E-state index contributed by atoms with van der Waals surface area (Å²) in [5.74, 6) is 1.32. The van der Waals surface area contributed by atoms with E-state index < -0.39 is 0 Å². The van der Waals surface area contributed by atoms with Gasteiger partial charge in [-0.3, -0.25) is 0 Å². The van der Waals surface area contributed by atoms with Crippen LogP contribution in [0.2, 0.25) is 10.0 Å². The molecule has 2 aromatic rings. The fraction of sp³-hybridized carbons (Fsp3) is 0.231. The van der Waals surface area contributed by atoms with E-state index in [1.807, 2.05) is 11.4 Å². The highest BCUT2D eigenvalue weighted by atomic mass is 35.5. The molecule has 19 heavy (non-hydrogen) atoms. The number of halogens is 2.